The van der Waals surface area contributed by atoms with Crippen LogP contribution in [0.2, 0.25) is 0 Å². The van der Waals surface area contributed by atoms with E-state index in [1.54, 1.807) is 0 Å². The van der Waals surface area contributed by atoms with Crippen LogP contribution < -0.4 is 4.57 Å². The van der Waals surface area contributed by atoms with Gasteiger partial charge in [0.05, 0.1) is 5.39 Å². The van der Waals surface area contributed by atoms with Crippen molar-refractivity contribution in [1.82, 2.24) is 0 Å². The minimum atomic E-state index is -6.09. The van der Waals surface area contributed by atoms with Gasteiger partial charge < -0.3 is 4.55 Å². The second-order valence-corrected chi connectivity index (χ2v) is 5.29. The van der Waals surface area contributed by atoms with Gasteiger partial charge in [-0.2, -0.15) is 13.2 Å². The number of para-hydroxylation sites is 1. The third-order valence-corrected chi connectivity index (χ3v) is 3.05. The van der Waals surface area contributed by atoms with Gasteiger partial charge in [-0.3, -0.25) is 4.79 Å². The average molecular weight is 321 g/mol. The summed E-state index contributed by atoms with van der Waals surface area (Å²) in [6.45, 7) is 0. The number of hydrogen-bond donors (Lipinski definition) is 0. The summed E-state index contributed by atoms with van der Waals surface area (Å²) in [5.41, 5.74) is -3.83. The lowest BCUT2D eigenvalue weighted by Gasteiger charge is -2.08. The normalized spacial score (nSPS) is 11.7. The molecule has 1 aromatic carbocycles. The molecule has 0 atom stereocenters. The molecule has 5 nitrogen and oxygen atoms in total. The van der Waals surface area contributed by atoms with E-state index in [0.29, 0.717) is 0 Å². The number of nitrogens with zero attached hydrogens (tertiary/aromatic N) is 1. The van der Waals surface area contributed by atoms with E-state index in [2.05, 4.69) is 0 Å². The maximum atomic E-state index is 10.7. The molecule has 0 amide bonds. The number of hydrogen-bond acceptors (Lipinski definition) is 4. The second kappa shape index (κ2) is 6.19. The Hall–Kier alpha value is -2.00. The van der Waals surface area contributed by atoms with Crippen molar-refractivity contribution >= 4 is 27.3 Å². The molecule has 0 spiro atoms. The highest BCUT2D eigenvalue weighted by atomic mass is 32.2. The average Bonchev–Trinajstić information content (AvgIpc) is 2.38. The lowest BCUT2D eigenvalue weighted by molar-refractivity contribution is -0.644. The number of fused-ring (bicyclic) bond motifs is 1. The van der Waals surface area contributed by atoms with Crippen molar-refractivity contribution < 1.29 is 35.5 Å². The lowest BCUT2D eigenvalue weighted by atomic mass is 10.1. The van der Waals surface area contributed by atoms with E-state index in [4.69, 9.17) is 13.0 Å². The Morgan fingerprint density at radius 3 is 2.19 bits per heavy atom. The minimum Gasteiger partial charge on any atom is -0.741 e. The van der Waals surface area contributed by atoms with Gasteiger partial charge in [0.1, 0.15) is 7.05 Å². The summed E-state index contributed by atoms with van der Waals surface area (Å²) in [5, 5.41) is 1.00. The number of alkyl halides is 3. The van der Waals surface area contributed by atoms with Gasteiger partial charge in [-0.05, 0) is 6.07 Å². The van der Waals surface area contributed by atoms with Gasteiger partial charge in [0, 0.05) is 17.7 Å². The molecule has 0 bridgehead atoms. The van der Waals surface area contributed by atoms with E-state index in [9.17, 15) is 18.0 Å². The predicted molar refractivity (Wildman–Crippen MR) is 66.3 cm³/mol. The van der Waals surface area contributed by atoms with Gasteiger partial charge in [0.25, 0.3) is 0 Å². The summed E-state index contributed by atoms with van der Waals surface area (Å²) in [4.78, 5) is 10.7. The third-order valence-electron chi connectivity index (χ3n) is 2.48. The lowest BCUT2D eigenvalue weighted by Crippen LogP contribution is -2.28. The first-order chi connectivity index (χ1) is 9.58. The summed E-state index contributed by atoms with van der Waals surface area (Å²) in [6, 6.07) is 9.70. The molecule has 2 rings (SSSR count). The molecule has 9 heteroatoms. The van der Waals surface area contributed by atoms with E-state index in [1.807, 2.05) is 48.1 Å². The molecule has 0 aliphatic heterocycles. The quantitative estimate of drug-likeness (QED) is 0.345. The molecule has 0 N–H and O–H groups in total. The van der Waals surface area contributed by atoms with Crippen LogP contribution in [-0.4, -0.2) is 24.8 Å². The molecule has 1 aromatic heterocycles. The minimum absolute atomic E-state index is 0.744. The van der Waals surface area contributed by atoms with Crippen LogP contribution in [0.1, 0.15) is 10.4 Å². The highest BCUT2D eigenvalue weighted by Gasteiger charge is 2.36. The molecule has 2 aromatic rings. The van der Waals surface area contributed by atoms with Crippen LogP contribution in [-0.2, 0) is 17.2 Å². The zero-order valence-electron chi connectivity index (χ0n) is 10.7. The summed E-state index contributed by atoms with van der Waals surface area (Å²) >= 11 is 0. The second-order valence-electron chi connectivity index (χ2n) is 3.92. The van der Waals surface area contributed by atoms with Crippen molar-refractivity contribution in [3.8, 4) is 0 Å². The van der Waals surface area contributed by atoms with Crippen molar-refractivity contribution in [2.45, 2.75) is 5.51 Å². The van der Waals surface area contributed by atoms with E-state index in [-0.39, 0.29) is 0 Å². The van der Waals surface area contributed by atoms with Crippen LogP contribution in [0.25, 0.3) is 10.9 Å². The summed E-state index contributed by atoms with van der Waals surface area (Å²) in [6.07, 6.45) is 2.79. The molecule has 0 unspecified atom stereocenters. The summed E-state index contributed by atoms with van der Waals surface area (Å²) < 4.78 is 60.9. The Bertz CT molecular complexity index is 757. The number of pyridine rings is 1. The number of aryl methyl sites for hydroxylation is 1. The van der Waals surface area contributed by atoms with Crippen molar-refractivity contribution in [1.29, 1.82) is 0 Å². The number of aldehydes is 1. The molecule has 0 radical (unpaired) electrons. The van der Waals surface area contributed by atoms with Gasteiger partial charge in [-0.1, -0.05) is 12.1 Å². The topological polar surface area (TPSA) is 78.1 Å². The third kappa shape index (κ3) is 4.23. The Morgan fingerprint density at radius 2 is 1.71 bits per heavy atom. The molecule has 0 saturated carbocycles. The van der Waals surface area contributed by atoms with E-state index in [1.165, 1.54) is 0 Å². The number of aromatic nitrogens is 1. The van der Waals surface area contributed by atoms with Crippen LogP contribution in [0, 0.1) is 0 Å². The fourth-order valence-electron chi connectivity index (χ4n) is 1.49. The molecule has 0 aliphatic rings. The molecule has 21 heavy (non-hydrogen) atoms. The predicted octanol–water partition coefficient (Wildman–Crippen LogP) is 1.53. The van der Waals surface area contributed by atoms with Gasteiger partial charge in [-0.15, -0.1) is 0 Å². The molecular weight excluding hydrogens is 311 g/mol. The maximum absolute atomic E-state index is 10.7. The summed E-state index contributed by atoms with van der Waals surface area (Å²) in [5.74, 6) is 0. The first kappa shape index (κ1) is 17.1. The Balaban J connectivity index is 0.000000240. The summed E-state index contributed by atoms with van der Waals surface area (Å²) in [7, 11) is -4.12. The van der Waals surface area contributed by atoms with Crippen LogP contribution in [0.4, 0.5) is 13.2 Å². The highest BCUT2D eigenvalue weighted by Crippen LogP contribution is 2.20. The number of carbonyl (C=O) groups is 1. The number of halogens is 3. The van der Waals surface area contributed by atoms with Crippen LogP contribution >= 0.6 is 0 Å². The largest absolute Gasteiger partial charge is 0.741 e. The SMILES string of the molecule is C[n+]1ccc(C=O)c2ccccc21.O=S(=O)([O-])C(F)(F)F. The molecule has 0 fully saturated rings. The fraction of sp³-hybridized carbons (Fsp3) is 0.167. The monoisotopic (exact) mass is 321 g/mol. The highest BCUT2D eigenvalue weighted by molar-refractivity contribution is 7.86. The zero-order chi connectivity index (χ0) is 16.3. The number of carbonyl (C=O) groups excluding carboxylic acids is 1. The number of rotatable bonds is 1. The van der Waals surface area contributed by atoms with Gasteiger partial charge in [0.15, 0.2) is 22.6 Å². The Kier molecular flexibility index (Phi) is 5.02. The van der Waals surface area contributed by atoms with Crippen molar-refractivity contribution in [3.05, 3.63) is 42.1 Å². The van der Waals surface area contributed by atoms with Gasteiger partial charge >= 0.3 is 5.51 Å². The first-order valence-corrected chi connectivity index (χ1v) is 6.83. The van der Waals surface area contributed by atoms with Crippen LogP contribution in [0.15, 0.2) is 36.5 Å². The Morgan fingerprint density at radius 1 is 1.19 bits per heavy atom. The maximum Gasteiger partial charge on any atom is 0.485 e. The van der Waals surface area contributed by atoms with Crippen molar-refractivity contribution in [3.63, 3.8) is 0 Å². The molecular formula is C12H10F3NO4S. The van der Waals surface area contributed by atoms with E-state index in [0.717, 1.165) is 22.8 Å². The molecule has 0 saturated heterocycles. The van der Waals surface area contributed by atoms with Gasteiger partial charge in [-0.25, -0.2) is 13.0 Å². The smallest absolute Gasteiger partial charge is 0.485 e. The molecule has 0 aliphatic carbocycles. The molecule has 1 heterocycles. The molecule has 114 valence electrons. The van der Waals surface area contributed by atoms with Gasteiger partial charge in [0.2, 0.25) is 5.52 Å². The van der Waals surface area contributed by atoms with Crippen molar-refractivity contribution in [2.75, 3.05) is 0 Å². The van der Waals surface area contributed by atoms with E-state index >= 15 is 0 Å². The zero-order valence-corrected chi connectivity index (χ0v) is 11.5. The van der Waals surface area contributed by atoms with Crippen LogP contribution in [0.5, 0.6) is 0 Å². The fourth-order valence-corrected chi connectivity index (χ4v) is 1.49. The van der Waals surface area contributed by atoms with Crippen LogP contribution in [0.3, 0.4) is 0 Å². The number of benzene rings is 1. The first-order valence-electron chi connectivity index (χ1n) is 5.42. The standard InChI is InChI=1S/C11H10NO.CHF3O3S/c1-12-7-6-9(8-13)10-4-2-3-5-11(10)12;2-1(3,4)8(5,6)7/h2-8H,1H3;(H,5,6,7)/q+1;/p-1. The van der Waals surface area contributed by atoms with Crippen molar-refractivity contribution in [2.24, 2.45) is 7.05 Å². The Labute approximate surface area is 118 Å². The van der Waals surface area contributed by atoms with E-state index < -0.39 is 15.6 Å².